The van der Waals surface area contributed by atoms with Crippen LogP contribution in [0.3, 0.4) is 0 Å². The van der Waals surface area contributed by atoms with Crippen molar-refractivity contribution in [1.29, 1.82) is 5.26 Å². The zero-order valence-electron chi connectivity index (χ0n) is 8.28. The normalized spacial score (nSPS) is 10.4. The van der Waals surface area contributed by atoms with Gasteiger partial charge in [-0.25, -0.2) is 0 Å². The van der Waals surface area contributed by atoms with E-state index in [0.29, 0.717) is 6.42 Å². The summed E-state index contributed by atoms with van der Waals surface area (Å²) < 4.78 is 3.30. The smallest absolute Gasteiger partial charge is 0.0622 e. The molecule has 0 fully saturated rings. The Labute approximate surface area is 97.3 Å². The highest BCUT2D eigenvalue weighted by molar-refractivity contribution is 9.10. The van der Waals surface area contributed by atoms with Crippen molar-refractivity contribution >= 4 is 26.8 Å². The van der Waals surface area contributed by atoms with Crippen LogP contribution in [-0.4, -0.2) is 4.57 Å². The fraction of sp³-hybridized carbons (Fsp3) is 0.250. The summed E-state index contributed by atoms with van der Waals surface area (Å²) in [5, 5.41) is 9.72. The minimum absolute atomic E-state index is 0.621. The Morgan fingerprint density at radius 2 is 2.20 bits per heavy atom. The van der Waals surface area contributed by atoms with Gasteiger partial charge >= 0.3 is 0 Å². The lowest BCUT2D eigenvalue weighted by atomic mass is 10.2. The average Bonchev–Trinajstić information content (AvgIpc) is 2.61. The van der Waals surface area contributed by atoms with E-state index in [1.54, 1.807) is 0 Å². The molecule has 1 heterocycles. The van der Waals surface area contributed by atoms with Gasteiger partial charge in [-0.05, 0) is 30.7 Å². The van der Waals surface area contributed by atoms with Gasteiger partial charge in [-0.15, -0.1) is 0 Å². The summed E-state index contributed by atoms with van der Waals surface area (Å²) in [6, 6.07) is 10.5. The lowest BCUT2D eigenvalue weighted by molar-refractivity contribution is 0.674. The van der Waals surface area contributed by atoms with Crippen LogP contribution in [0.25, 0.3) is 10.9 Å². The van der Waals surface area contributed by atoms with Crippen molar-refractivity contribution in [3.8, 4) is 6.07 Å². The molecule has 3 heteroatoms. The Morgan fingerprint density at radius 3 is 3.00 bits per heavy atom. The van der Waals surface area contributed by atoms with Crippen LogP contribution < -0.4 is 0 Å². The maximum Gasteiger partial charge on any atom is 0.0622 e. The van der Waals surface area contributed by atoms with Crippen LogP contribution in [0.1, 0.15) is 12.8 Å². The lowest BCUT2D eigenvalue weighted by Crippen LogP contribution is -1.94. The van der Waals surface area contributed by atoms with Crippen LogP contribution in [0.15, 0.2) is 34.9 Å². The number of nitrogens with zero attached hydrogens (tertiary/aromatic N) is 2. The number of aromatic nitrogens is 1. The van der Waals surface area contributed by atoms with Gasteiger partial charge in [0.1, 0.15) is 0 Å². The standard InChI is InChI=1S/C12H11BrN2/c13-11-3-4-12-10(9-11)5-8-15(12)7-2-1-6-14/h3-5,8-9H,1-2,7H2. The van der Waals surface area contributed by atoms with Gasteiger partial charge in [0.05, 0.1) is 6.07 Å². The monoisotopic (exact) mass is 262 g/mol. The maximum atomic E-state index is 8.48. The second kappa shape index (κ2) is 4.50. The van der Waals surface area contributed by atoms with Crippen LogP contribution in [0.5, 0.6) is 0 Å². The van der Waals surface area contributed by atoms with E-state index >= 15 is 0 Å². The fourth-order valence-electron chi connectivity index (χ4n) is 1.69. The van der Waals surface area contributed by atoms with Crippen molar-refractivity contribution in [1.82, 2.24) is 4.57 Å². The van der Waals surface area contributed by atoms with Gasteiger partial charge in [-0.2, -0.15) is 5.26 Å². The largest absolute Gasteiger partial charge is 0.347 e. The van der Waals surface area contributed by atoms with E-state index < -0.39 is 0 Å². The van der Waals surface area contributed by atoms with E-state index in [4.69, 9.17) is 5.26 Å². The van der Waals surface area contributed by atoms with Crippen LogP contribution in [-0.2, 0) is 6.54 Å². The molecule has 0 N–H and O–H groups in total. The highest BCUT2D eigenvalue weighted by atomic mass is 79.9. The summed E-state index contributed by atoms with van der Waals surface area (Å²) in [7, 11) is 0. The molecule has 1 aromatic carbocycles. The van der Waals surface area contributed by atoms with E-state index in [-0.39, 0.29) is 0 Å². The van der Waals surface area contributed by atoms with Crippen molar-refractivity contribution in [3.63, 3.8) is 0 Å². The molecule has 0 aliphatic carbocycles. The van der Waals surface area contributed by atoms with Gasteiger partial charge < -0.3 is 4.57 Å². The van der Waals surface area contributed by atoms with E-state index in [2.05, 4.69) is 51.0 Å². The molecule has 2 nitrogen and oxygen atoms in total. The second-order valence-electron chi connectivity index (χ2n) is 3.47. The quantitative estimate of drug-likeness (QED) is 0.776. The summed E-state index contributed by atoms with van der Waals surface area (Å²) in [6.45, 7) is 0.915. The zero-order chi connectivity index (χ0) is 10.7. The van der Waals surface area contributed by atoms with Gasteiger partial charge in [0.15, 0.2) is 0 Å². The number of rotatable bonds is 3. The van der Waals surface area contributed by atoms with E-state index in [1.807, 2.05) is 6.07 Å². The molecule has 0 aliphatic rings. The third kappa shape index (κ3) is 2.21. The van der Waals surface area contributed by atoms with Gasteiger partial charge in [0.25, 0.3) is 0 Å². The Kier molecular flexibility index (Phi) is 3.08. The van der Waals surface area contributed by atoms with Crippen molar-refractivity contribution in [2.24, 2.45) is 0 Å². The Bertz CT molecular complexity index is 508. The van der Waals surface area contributed by atoms with Crippen LogP contribution >= 0.6 is 15.9 Å². The number of halogens is 1. The molecule has 0 bridgehead atoms. The topological polar surface area (TPSA) is 28.7 Å². The number of hydrogen-bond donors (Lipinski definition) is 0. The Balaban J connectivity index is 2.26. The molecular formula is C12H11BrN2. The minimum atomic E-state index is 0.621. The zero-order valence-corrected chi connectivity index (χ0v) is 9.87. The first-order chi connectivity index (χ1) is 7.31. The number of hydrogen-bond acceptors (Lipinski definition) is 1. The molecule has 2 aromatic rings. The molecule has 1 aromatic heterocycles. The third-order valence-corrected chi connectivity index (χ3v) is 2.91. The van der Waals surface area contributed by atoms with Gasteiger partial charge in [-0.1, -0.05) is 15.9 Å². The maximum absolute atomic E-state index is 8.48. The first-order valence-corrected chi connectivity index (χ1v) is 5.72. The summed E-state index contributed by atoms with van der Waals surface area (Å²) in [4.78, 5) is 0. The van der Waals surface area contributed by atoms with Crippen LogP contribution in [0.4, 0.5) is 0 Å². The van der Waals surface area contributed by atoms with Gasteiger partial charge in [0, 0.05) is 34.5 Å². The lowest BCUT2D eigenvalue weighted by Gasteiger charge is -2.03. The van der Waals surface area contributed by atoms with Gasteiger partial charge in [0.2, 0.25) is 0 Å². The highest BCUT2D eigenvalue weighted by Crippen LogP contribution is 2.21. The molecule has 0 unspecified atom stereocenters. The Hall–Kier alpha value is -1.27. The van der Waals surface area contributed by atoms with Crippen molar-refractivity contribution in [2.75, 3.05) is 0 Å². The van der Waals surface area contributed by atoms with Gasteiger partial charge in [-0.3, -0.25) is 0 Å². The molecule has 0 spiro atoms. The average molecular weight is 263 g/mol. The van der Waals surface area contributed by atoms with E-state index in [0.717, 1.165) is 17.4 Å². The SMILES string of the molecule is N#CCCCn1ccc2cc(Br)ccc21. The number of nitriles is 1. The molecule has 0 saturated heterocycles. The second-order valence-corrected chi connectivity index (χ2v) is 4.39. The summed E-state index contributed by atoms with van der Waals surface area (Å²) in [5.41, 5.74) is 1.23. The molecule has 0 saturated carbocycles. The molecule has 15 heavy (non-hydrogen) atoms. The molecule has 0 aliphatic heterocycles. The first-order valence-electron chi connectivity index (χ1n) is 4.92. The number of unbranched alkanes of at least 4 members (excludes halogenated alkanes) is 1. The summed E-state index contributed by atoms with van der Waals surface area (Å²) >= 11 is 3.45. The Morgan fingerprint density at radius 1 is 1.33 bits per heavy atom. The summed E-state index contributed by atoms with van der Waals surface area (Å²) in [6.07, 6.45) is 3.61. The molecule has 0 radical (unpaired) electrons. The van der Waals surface area contributed by atoms with Crippen molar-refractivity contribution in [2.45, 2.75) is 19.4 Å². The predicted molar refractivity (Wildman–Crippen MR) is 64.5 cm³/mol. The number of fused-ring (bicyclic) bond motifs is 1. The predicted octanol–water partition coefficient (Wildman–Crippen LogP) is 3.71. The van der Waals surface area contributed by atoms with E-state index in [9.17, 15) is 0 Å². The fourth-order valence-corrected chi connectivity index (χ4v) is 2.07. The van der Waals surface area contributed by atoms with E-state index in [1.165, 1.54) is 10.9 Å². The molecule has 2 rings (SSSR count). The van der Waals surface area contributed by atoms with Crippen molar-refractivity contribution in [3.05, 3.63) is 34.9 Å². The van der Waals surface area contributed by atoms with Crippen LogP contribution in [0, 0.1) is 11.3 Å². The minimum Gasteiger partial charge on any atom is -0.347 e. The third-order valence-electron chi connectivity index (χ3n) is 2.42. The molecule has 76 valence electrons. The van der Waals surface area contributed by atoms with Crippen molar-refractivity contribution < 1.29 is 0 Å². The first kappa shape index (κ1) is 10.3. The number of aryl methyl sites for hydroxylation is 1. The molecule has 0 atom stereocenters. The molecular weight excluding hydrogens is 252 g/mol. The van der Waals surface area contributed by atoms with Crippen LogP contribution in [0.2, 0.25) is 0 Å². The molecule has 0 amide bonds. The highest BCUT2D eigenvalue weighted by Gasteiger charge is 2.00. The number of benzene rings is 1. The summed E-state index contributed by atoms with van der Waals surface area (Å²) in [5.74, 6) is 0.